The first kappa shape index (κ1) is 18.1. The van der Waals surface area contributed by atoms with Crippen LogP contribution in [0.5, 0.6) is 0 Å². The zero-order valence-corrected chi connectivity index (χ0v) is 15.6. The van der Waals surface area contributed by atoms with Crippen molar-refractivity contribution in [3.05, 3.63) is 41.0 Å². The Kier molecular flexibility index (Phi) is 6.06. The molecule has 0 radical (unpaired) electrons. The Balaban J connectivity index is 2.08. The first-order valence-electron chi connectivity index (χ1n) is 8.46. The van der Waals surface area contributed by atoms with Crippen LogP contribution in [0.3, 0.4) is 0 Å². The van der Waals surface area contributed by atoms with Crippen LogP contribution in [0.4, 0.5) is 0 Å². The van der Waals surface area contributed by atoms with Gasteiger partial charge in [0.15, 0.2) is 5.96 Å². The second-order valence-electron chi connectivity index (χ2n) is 6.30. The number of aromatic nitrogens is 2. The molecule has 6 nitrogen and oxygen atoms in total. The summed E-state index contributed by atoms with van der Waals surface area (Å²) in [5.41, 5.74) is 3.37. The number of aryl methyl sites for hydroxylation is 3. The molecule has 0 aromatic carbocycles. The van der Waals surface area contributed by atoms with E-state index < -0.39 is 0 Å². The van der Waals surface area contributed by atoms with E-state index in [1.165, 1.54) is 11.3 Å². The molecule has 0 aliphatic heterocycles. The minimum absolute atomic E-state index is 0.272. The standard InChI is InChI=1S/C18H29N5O/c1-7-19-18(23(6)12-16-9-8-10-22(16)5)20-11-13(2)17-14(3)21-24-15(17)4/h8-10,13H,7,11-12H2,1-6H3,(H,19,20). The molecule has 0 spiro atoms. The highest BCUT2D eigenvalue weighted by molar-refractivity contribution is 5.79. The minimum Gasteiger partial charge on any atom is -0.361 e. The summed E-state index contributed by atoms with van der Waals surface area (Å²) in [4.78, 5) is 6.97. The van der Waals surface area contributed by atoms with Crippen LogP contribution in [0.25, 0.3) is 0 Å². The van der Waals surface area contributed by atoms with Crippen molar-refractivity contribution in [2.75, 3.05) is 20.1 Å². The summed E-state index contributed by atoms with van der Waals surface area (Å²) in [5, 5.41) is 7.41. The summed E-state index contributed by atoms with van der Waals surface area (Å²) in [6.45, 7) is 10.6. The topological polar surface area (TPSA) is 58.6 Å². The van der Waals surface area contributed by atoms with Crippen molar-refractivity contribution in [3.63, 3.8) is 0 Å². The highest BCUT2D eigenvalue weighted by atomic mass is 16.5. The molecule has 0 aliphatic rings. The smallest absolute Gasteiger partial charge is 0.194 e. The van der Waals surface area contributed by atoms with Crippen molar-refractivity contribution in [2.45, 2.75) is 40.2 Å². The van der Waals surface area contributed by atoms with Crippen LogP contribution in [-0.2, 0) is 13.6 Å². The van der Waals surface area contributed by atoms with Gasteiger partial charge in [-0.05, 0) is 32.9 Å². The molecule has 2 rings (SSSR count). The Morgan fingerprint density at radius 3 is 2.75 bits per heavy atom. The molecule has 0 aliphatic carbocycles. The summed E-state index contributed by atoms with van der Waals surface area (Å²) >= 11 is 0. The lowest BCUT2D eigenvalue weighted by atomic mass is 10.00. The number of hydrogen-bond donors (Lipinski definition) is 1. The molecule has 2 aromatic rings. The number of nitrogens with zero attached hydrogens (tertiary/aromatic N) is 4. The quantitative estimate of drug-likeness (QED) is 0.653. The third-order valence-electron chi connectivity index (χ3n) is 4.24. The minimum atomic E-state index is 0.272. The zero-order valence-electron chi connectivity index (χ0n) is 15.6. The lowest BCUT2D eigenvalue weighted by molar-refractivity contribution is 0.391. The number of guanidine groups is 1. The third kappa shape index (κ3) is 4.19. The maximum atomic E-state index is 5.27. The summed E-state index contributed by atoms with van der Waals surface area (Å²) in [6, 6.07) is 4.19. The molecule has 0 saturated heterocycles. The van der Waals surface area contributed by atoms with Gasteiger partial charge in [-0.1, -0.05) is 12.1 Å². The third-order valence-corrected chi connectivity index (χ3v) is 4.24. The van der Waals surface area contributed by atoms with Crippen molar-refractivity contribution in [1.29, 1.82) is 0 Å². The largest absolute Gasteiger partial charge is 0.361 e. The molecule has 6 heteroatoms. The Morgan fingerprint density at radius 2 is 2.21 bits per heavy atom. The van der Waals surface area contributed by atoms with Gasteiger partial charge in [0.1, 0.15) is 5.76 Å². The molecular formula is C18H29N5O. The van der Waals surface area contributed by atoms with E-state index >= 15 is 0 Å². The fourth-order valence-corrected chi connectivity index (χ4v) is 2.96. The lowest BCUT2D eigenvalue weighted by Crippen LogP contribution is -2.39. The summed E-state index contributed by atoms with van der Waals surface area (Å²) < 4.78 is 7.41. The van der Waals surface area contributed by atoms with Crippen LogP contribution in [0.2, 0.25) is 0 Å². The van der Waals surface area contributed by atoms with E-state index in [1.54, 1.807) is 0 Å². The van der Waals surface area contributed by atoms with E-state index in [4.69, 9.17) is 9.52 Å². The van der Waals surface area contributed by atoms with Gasteiger partial charge >= 0.3 is 0 Å². The molecule has 1 N–H and O–H groups in total. The zero-order chi connectivity index (χ0) is 17.7. The highest BCUT2D eigenvalue weighted by Crippen LogP contribution is 2.23. The predicted molar refractivity (Wildman–Crippen MR) is 97.3 cm³/mol. The lowest BCUT2D eigenvalue weighted by Gasteiger charge is -2.23. The summed E-state index contributed by atoms with van der Waals surface area (Å²) in [7, 11) is 4.13. The van der Waals surface area contributed by atoms with Crippen molar-refractivity contribution in [2.24, 2.45) is 12.0 Å². The predicted octanol–water partition coefficient (Wildman–Crippen LogP) is 2.83. The van der Waals surface area contributed by atoms with E-state index in [1.807, 2.05) is 13.8 Å². The second kappa shape index (κ2) is 8.04. The second-order valence-corrected chi connectivity index (χ2v) is 6.30. The Hall–Kier alpha value is -2.24. The fraction of sp³-hybridized carbons (Fsp3) is 0.556. The number of aliphatic imine (C=N–C) groups is 1. The van der Waals surface area contributed by atoms with Crippen LogP contribution in [0.1, 0.15) is 42.5 Å². The van der Waals surface area contributed by atoms with E-state index in [2.05, 4.69) is 66.2 Å². The van der Waals surface area contributed by atoms with Crippen LogP contribution >= 0.6 is 0 Å². The molecule has 0 bridgehead atoms. The number of rotatable bonds is 6. The molecule has 0 fully saturated rings. The normalized spacial score (nSPS) is 13.2. The van der Waals surface area contributed by atoms with Gasteiger partial charge in [0.2, 0.25) is 0 Å². The maximum Gasteiger partial charge on any atom is 0.194 e. The average Bonchev–Trinajstić information content (AvgIpc) is 3.09. The molecule has 2 heterocycles. The SMILES string of the molecule is CCNC(=NCC(C)c1c(C)noc1C)N(C)Cc1cccn1C. The van der Waals surface area contributed by atoms with E-state index in [-0.39, 0.29) is 5.92 Å². The van der Waals surface area contributed by atoms with E-state index in [0.29, 0.717) is 6.54 Å². The fourth-order valence-electron chi connectivity index (χ4n) is 2.96. The van der Waals surface area contributed by atoms with Crippen LogP contribution in [-0.4, -0.2) is 40.7 Å². The van der Waals surface area contributed by atoms with Gasteiger partial charge in [-0.25, -0.2) is 0 Å². The van der Waals surface area contributed by atoms with E-state index in [9.17, 15) is 0 Å². The van der Waals surface area contributed by atoms with Crippen LogP contribution < -0.4 is 5.32 Å². The Labute approximate surface area is 144 Å². The van der Waals surface area contributed by atoms with Gasteiger partial charge in [0.25, 0.3) is 0 Å². The monoisotopic (exact) mass is 331 g/mol. The number of hydrogen-bond acceptors (Lipinski definition) is 3. The Bertz CT molecular complexity index is 666. The molecule has 24 heavy (non-hydrogen) atoms. The first-order valence-corrected chi connectivity index (χ1v) is 8.46. The highest BCUT2D eigenvalue weighted by Gasteiger charge is 2.17. The van der Waals surface area contributed by atoms with Crippen molar-refractivity contribution in [3.8, 4) is 0 Å². The Morgan fingerprint density at radius 1 is 1.46 bits per heavy atom. The molecule has 0 amide bonds. The van der Waals surface area contributed by atoms with Crippen molar-refractivity contribution >= 4 is 5.96 Å². The molecule has 1 atom stereocenters. The summed E-state index contributed by atoms with van der Waals surface area (Å²) in [6.07, 6.45) is 2.06. The average molecular weight is 331 g/mol. The van der Waals surface area contributed by atoms with Crippen molar-refractivity contribution < 1.29 is 4.52 Å². The van der Waals surface area contributed by atoms with Crippen molar-refractivity contribution in [1.82, 2.24) is 19.9 Å². The molecule has 0 saturated carbocycles. The van der Waals surface area contributed by atoms with Gasteiger partial charge < -0.3 is 19.3 Å². The summed E-state index contributed by atoms with van der Waals surface area (Å²) in [5.74, 6) is 2.07. The molecular weight excluding hydrogens is 302 g/mol. The van der Waals surface area contributed by atoms with E-state index in [0.717, 1.165) is 30.5 Å². The van der Waals surface area contributed by atoms with Gasteiger partial charge in [-0.3, -0.25) is 4.99 Å². The molecule has 1 unspecified atom stereocenters. The molecule has 132 valence electrons. The van der Waals surface area contributed by atoms with Gasteiger partial charge in [0.05, 0.1) is 12.2 Å². The van der Waals surface area contributed by atoms with Crippen LogP contribution in [0, 0.1) is 13.8 Å². The maximum absolute atomic E-state index is 5.27. The van der Waals surface area contributed by atoms with Crippen LogP contribution in [0.15, 0.2) is 27.8 Å². The van der Waals surface area contributed by atoms with Gasteiger partial charge in [-0.15, -0.1) is 0 Å². The molecule has 2 aromatic heterocycles. The van der Waals surface area contributed by atoms with Gasteiger partial charge in [-0.2, -0.15) is 0 Å². The number of nitrogens with one attached hydrogen (secondary N) is 1. The first-order chi connectivity index (χ1) is 11.4. The van der Waals surface area contributed by atoms with Gasteiger partial charge in [0, 0.05) is 50.6 Å².